The lowest BCUT2D eigenvalue weighted by molar-refractivity contribution is 0.284. The predicted octanol–water partition coefficient (Wildman–Crippen LogP) is 5.02. The van der Waals surface area contributed by atoms with E-state index >= 15 is 0 Å². The Labute approximate surface area is 181 Å². The van der Waals surface area contributed by atoms with Crippen LogP contribution in [0.15, 0.2) is 60.0 Å². The molecule has 0 spiro atoms. The molecule has 6 nitrogen and oxygen atoms in total. The molecule has 0 aliphatic rings. The zero-order chi connectivity index (χ0) is 20.9. The summed E-state index contributed by atoms with van der Waals surface area (Å²) in [6.45, 7) is 7.80. The molecule has 0 aliphatic heterocycles. The van der Waals surface area contributed by atoms with Gasteiger partial charge in [0.1, 0.15) is 18.0 Å². The quantitative estimate of drug-likeness (QED) is 0.355. The Morgan fingerprint density at radius 2 is 1.90 bits per heavy atom. The number of hydrogen-bond donors (Lipinski definition) is 0. The van der Waals surface area contributed by atoms with Gasteiger partial charge in [-0.05, 0) is 42.2 Å². The number of benzene rings is 1. The molecule has 30 heavy (non-hydrogen) atoms. The van der Waals surface area contributed by atoms with Gasteiger partial charge in [-0.3, -0.25) is 0 Å². The van der Waals surface area contributed by atoms with E-state index in [0.717, 1.165) is 46.8 Å². The average Bonchev–Trinajstić information content (AvgIpc) is 3.34. The van der Waals surface area contributed by atoms with Gasteiger partial charge in [0.25, 0.3) is 0 Å². The number of aryl methyl sites for hydroxylation is 1. The number of hydrogen-bond acceptors (Lipinski definition) is 5. The molecule has 3 aromatic heterocycles. The molecule has 0 fully saturated rings. The monoisotopic (exact) mass is 421 g/mol. The van der Waals surface area contributed by atoms with Crippen molar-refractivity contribution in [2.45, 2.75) is 51.3 Å². The van der Waals surface area contributed by atoms with E-state index in [2.05, 4.69) is 58.8 Å². The van der Waals surface area contributed by atoms with Gasteiger partial charge in [-0.15, -0.1) is 10.2 Å². The van der Waals surface area contributed by atoms with Gasteiger partial charge in [0.2, 0.25) is 0 Å². The molecule has 0 unspecified atom stereocenters. The van der Waals surface area contributed by atoms with Crippen LogP contribution in [-0.2, 0) is 25.3 Å². The van der Waals surface area contributed by atoms with Crippen LogP contribution in [0.1, 0.15) is 37.9 Å². The zero-order valence-corrected chi connectivity index (χ0v) is 18.5. The standard InChI is InChI=1S/C23H27N5OS/c1-4-18-8-10-20(11-9-18)29-15-22-25-26-23(28(22)13-17(2)3)30-16-19-14-27-12-6-5-7-21(27)24-19/h5-12,14,17H,4,13,15-16H2,1-3H3. The molecule has 0 saturated carbocycles. The molecule has 0 saturated heterocycles. The number of imidazole rings is 1. The highest BCUT2D eigenvalue weighted by atomic mass is 32.2. The van der Waals surface area contributed by atoms with E-state index in [9.17, 15) is 0 Å². The molecule has 7 heteroatoms. The Hall–Kier alpha value is -2.80. The molecule has 0 radical (unpaired) electrons. The number of pyridine rings is 1. The summed E-state index contributed by atoms with van der Waals surface area (Å²) < 4.78 is 10.2. The van der Waals surface area contributed by atoms with Gasteiger partial charge in [0.15, 0.2) is 11.0 Å². The smallest absolute Gasteiger partial charge is 0.191 e. The second-order valence-corrected chi connectivity index (χ2v) is 8.62. The van der Waals surface area contributed by atoms with Crippen LogP contribution in [0.3, 0.4) is 0 Å². The summed E-state index contributed by atoms with van der Waals surface area (Å²) in [5.74, 6) is 2.93. The van der Waals surface area contributed by atoms with E-state index < -0.39 is 0 Å². The first-order valence-electron chi connectivity index (χ1n) is 10.3. The first kappa shape index (κ1) is 20.5. The fourth-order valence-corrected chi connectivity index (χ4v) is 4.10. The van der Waals surface area contributed by atoms with E-state index in [-0.39, 0.29) is 0 Å². The highest BCUT2D eigenvalue weighted by Gasteiger charge is 2.15. The summed E-state index contributed by atoms with van der Waals surface area (Å²) in [4.78, 5) is 4.68. The predicted molar refractivity (Wildman–Crippen MR) is 120 cm³/mol. The summed E-state index contributed by atoms with van der Waals surface area (Å²) in [5.41, 5.74) is 3.29. The Balaban J connectivity index is 1.46. The van der Waals surface area contributed by atoms with Gasteiger partial charge >= 0.3 is 0 Å². The Morgan fingerprint density at radius 1 is 1.07 bits per heavy atom. The van der Waals surface area contributed by atoms with E-state index in [1.807, 2.05) is 40.9 Å². The third-order valence-electron chi connectivity index (χ3n) is 4.80. The molecule has 0 N–H and O–H groups in total. The molecule has 0 amide bonds. The van der Waals surface area contributed by atoms with Crippen molar-refractivity contribution in [2.24, 2.45) is 5.92 Å². The lowest BCUT2D eigenvalue weighted by Crippen LogP contribution is -2.12. The fourth-order valence-electron chi connectivity index (χ4n) is 3.25. The maximum Gasteiger partial charge on any atom is 0.191 e. The first-order chi connectivity index (χ1) is 14.6. The molecule has 0 aliphatic carbocycles. The topological polar surface area (TPSA) is 57.2 Å². The summed E-state index contributed by atoms with van der Waals surface area (Å²) in [6.07, 6.45) is 5.10. The molecule has 4 aromatic rings. The second kappa shape index (κ2) is 9.34. The van der Waals surface area contributed by atoms with E-state index in [1.54, 1.807) is 11.8 Å². The van der Waals surface area contributed by atoms with Crippen LogP contribution < -0.4 is 4.74 Å². The van der Waals surface area contributed by atoms with Gasteiger partial charge in [-0.2, -0.15) is 0 Å². The van der Waals surface area contributed by atoms with Gasteiger partial charge < -0.3 is 13.7 Å². The lowest BCUT2D eigenvalue weighted by Gasteiger charge is -2.13. The number of fused-ring (bicyclic) bond motifs is 1. The average molecular weight is 422 g/mol. The molecule has 1 aromatic carbocycles. The Morgan fingerprint density at radius 3 is 2.63 bits per heavy atom. The second-order valence-electron chi connectivity index (χ2n) is 7.68. The maximum atomic E-state index is 5.98. The minimum atomic E-state index is 0.403. The summed E-state index contributed by atoms with van der Waals surface area (Å²) in [5, 5.41) is 9.76. The van der Waals surface area contributed by atoms with Crippen LogP contribution in [0.4, 0.5) is 0 Å². The Kier molecular flexibility index (Phi) is 6.38. The number of thioether (sulfide) groups is 1. The van der Waals surface area contributed by atoms with Crippen molar-refractivity contribution < 1.29 is 4.74 Å². The van der Waals surface area contributed by atoms with Crippen LogP contribution in [0.2, 0.25) is 0 Å². The minimum Gasteiger partial charge on any atom is -0.486 e. The zero-order valence-electron chi connectivity index (χ0n) is 17.7. The van der Waals surface area contributed by atoms with Gasteiger partial charge in [-0.1, -0.05) is 50.7 Å². The van der Waals surface area contributed by atoms with Crippen molar-refractivity contribution in [3.8, 4) is 5.75 Å². The Bertz CT molecular complexity index is 1070. The lowest BCUT2D eigenvalue weighted by atomic mass is 10.2. The third kappa shape index (κ3) is 4.84. The van der Waals surface area contributed by atoms with Crippen molar-refractivity contribution >= 4 is 17.4 Å². The molecular formula is C23H27N5OS. The third-order valence-corrected chi connectivity index (χ3v) is 5.80. The SMILES string of the molecule is CCc1ccc(OCc2nnc(SCc3cn4ccccc4n3)n2CC(C)C)cc1. The number of rotatable bonds is 9. The first-order valence-corrected chi connectivity index (χ1v) is 11.3. The van der Waals surface area contributed by atoms with Crippen LogP contribution in [0, 0.1) is 5.92 Å². The highest BCUT2D eigenvalue weighted by molar-refractivity contribution is 7.98. The van der Waals surface area contributed by atoms with E-state index in [4.69, 9.17) is 4.74 Å². The number of aromatic nitrogens is 5. The number of ether oxygens (including phenoxy) is 1. The van der Waals surface area contributed by atoms with E-state index in [0.29, 0.717) is 12.5 Å². The number of nitrogens with zero attached hydrogens (tertiary/aromatic N) is 5. The molecule has 156 valence electrons. The maximum absolute atomic E-state index is 5.98. The van der Waals surface area contributed by atoms with Crippen LogP contribution in [0.5, 0.6) is 5.75 Å². The van der Waals surface area contributed by atoms with Crippen LogP contribution in [0.25, 0.3) is 5.65 Å². The van der Waals surface area contributed by atoms with Crippen molar-refractivity contribution in [1.82, 2.24) is 24.1 Å². The molecule has 0 bridgehead atoms. The van der Waals surface area contributed by atoms with Crippen LogP contribution >= 0.6 is 11.8 Å². The van der Waals surface area contributed by atoms with E-state index in [1.165, 1.54) is 5.56 Å². The van der Waals surface area contributed by atoms with Crippen molar-refractivity contribution in [2.75, 3.05) is 0 Å². The van der Waals surface area contributed by atoms with Gasteiger partial charge in [0, 0.05) is 24.7 Å². The van der Waals surface area contributed by atoms with Gasteiger partial charge in [0.05, 0.1) is 5.69 Å². The summed E-state index contributed by atoms with van der Waals surface area (Å²) >= 11 is 1.66. The van der Waals surface area contributed by atoms with Gasteiger partial charge in [-0.25, -0.2) is 4.98 Å². The normalized spacial score (nSPS) is 11.5. The highest BCUT2D eigenvalue weighted by Crippen LogP contribution is 2.24. The molecule has 4 rings (SSSR count). The summed E-state index contributed by atoms with van der Waals surface area (Å²) in [6, 6.07) is 14.3. The van der Waals surface area contributed by atoms with Crippen molar-refractivity contribution in [3.63, 3.8) is 0 Å². The van der Waals surface area contributed by atoms with Crippen molar-refractivity contribution in [3.05, 3.63) is 71.9 Å². The van der Waals surface area contributed by atoms with Crippen molar-refractivity contribution in [1.29, 1.82) is 0 Å². The largest absolute Gasteiger partial charge is 0.486 e. The summed E-state index contributed by atoms with van der Waals surface area (Å²) in [7, 11) is 0. The molecule has 3 heterocycles. The minimum absolute atomic E-state index is 0.403. The molecule has 0 atom stereocenters. The molecular weight excluding hydrogens is 394 g/mol. The fraction of sp³-hybridized carbons (Fsp3) is 0.348. The van der Waals surface area contributed by atoms with Crippen LogP contribution in [-0.4, -0.2) is 24.1 Å².